The standard InChI is InChI=1S/C14H21N7O2/c1-10-8-11(20-23-10)19-14-12(15)13(17-9-18-14)16-2-3-21-4-6-22-7-5-21/h8-9H,2-7,15H2,1H3,(H2,16,17,18,19,20). The van der Waals surface area contributed by atoms with Crippen molar-refractivity contribution in [1.29, 1.82) is 0 Å². The van der Waals surface area contributed by atoms with E-state index in [1.54, 1.807) is 6.07 Å². The minimum absolute atomic E-state index is 0.454. The number of rotatable bonds is 6. The Morgan fingerprint density at radius 2 is 2.04 bits per heavy atom. The van der Waals surface area contributed by atoms with E-state index in [0.29, 0.717) is 28.9 Å². The van der Waals surface area contributed by atoms with Crippen molar-refractivity contribution in [3.05, 3.63) is 18.2 Å². The van der Waals surface area contributed by atoms with Gasteiger partial charge in [0.2, 0.25) is 0 Å². The van der Waals surface area contributed by atoms with Crippen molar-refractivity contribution in [3.8, 4) is 0 Å². The molecule has 0 radical (unpaired) electrons. The maximum Gasteiger partial charge on any atom is 0.175 e. The van der Waals surface area contributed by atoms with Crippen LogP contribution in [0.15, 0.2) is 16.9 Å². The first-order valence-electron chi connectivity index (χ1n) is 7.57. The number of hydrogen-bond acceptors (Lipinski definition) is 9. The van der Waals surface area contributed by atoms with E-state index < -0.39 is 0 Å². The van der Waals surface area contributed by atoms with Crippen LogP contribution in [-0.2, 0) is 4.74 Å². The Morgan fingerprint density at radius 3 is 2.78 bits per heavy atom. The molecule has 1 saturated heterocycles. The first-order valence-corrected chi connectivity index (χ1v) is 7.57. The lowest BCUT2D eigenvalue weighted by Gasteiger charge is -2.26. The lowest BCUT2D eigenvalue weighted by Crippen LogP contribution is -2.39. The number of aromatic nitrogens is 3. The molecule has 0 saturated carbocycles. The highest BCUT2D eigenvalue weighted by Crippen LogP contribution is 2.25. The van der Waals surface area contributed by atoms with E-state index in [4.69, 9.17) is 15.0 Å². The van der Waals surface area contributed by atoms with Gasteiger partial charge in [-0.2, -0.15) is 0 Å². The first kappa shape index (κ1) is 15.5. The van der Waals surface area contributed by atoms with Gasteiger partial charge < -0.3 is 25.6 Å². The summed E-state index contributed by atoms with van der Waals surface area (Å²) in [7, 11) is 0. The Morgan fingerprint density at radius 1 is 1.26 bits per heavy atom. The third-order valence-corrected chi connectivity index (χ3v) is 3.58. The molecule has 9 nitrogen and oxygen atoms in total. The maximum atomic E-state index is 6.12. The number of anilines is 4. The van der Waals surface area contributed by atoms with Crippen LogP contribution in [0.5, 0.6) is 0 Å². The van der Waals surface area contributed by atoms with Crippen LogP contribution in [0, 0.1) is 6.92 Å². The molecular formula is C14H21N7O2. The summed E-state index contributed by atoms with van der Waals surface area (Å²) in [5.74, 6) is 2.38. The second kappa shape index (κ2) is 7.25. The van der Waals surface area contributed by atoms with E-state index in [1.165, 1.54) is 6.33 Å². The fourth-order valence-electron chi connectivity index (χ4n) is 2.34. The summed E-state index contributed by atoms with van der Waals surface area (Å²) >= 11 is 0. The molecule has 1 fully saturated rings. The normalized spacial score (nSPS) is 15.5. The molecule has 124 valence electrons. The van der Waals surface area contributed by atoms with Gasteiger partial charge in [0.25, 0.3) is 0 Å². The monoisotopic (exact) mass is 319 g/mol. The minimum atomic E-state index is 0.454. The van der Waals surface area contributed by atoms with Crippen LogP contribution >= 0.6 is 0 Å². The Balaban J connectivity index is 1.58. The van der Waals surface area contributed by atoms with Crippen molar-refractivity contribution in [2.75, 3.05) is 55.8 Å². The summed E-state index contributed by atoms with van der Waals surface area (Å²) in [6.45, 7) is 6.99. The number of nitrogen functional groups attached to an aromatic ring is 1. The SMILES string of the molecule is Cc1cc(Nc2ncnc(NCCN3CCOCC3)c2N)no1. The summed E-state index contributed by atoms with van der Waals surface area (Å²) in [5.41, 5.74) is 6.57. The Labute approximate surface area is 134 Å². The van der Waals surface area contributed by atoms with Gasteiger partial charge in [0.15, 0.2) is 17.5 Å². The van der Waals surface area contributed by atoms with Crippen LogP contribution in [0.25, 0.3) is 0 Å². The van der Waals surface area contributed by atoms with Crippen LogP contribution in [0.3, 0.4) is 0 Å². The molecular weight excluding hydrogens is 298 g/mol. The van der Waals surface area contributed by atoms with Crippen molar-refractivity contribution in [1.82, 2.24) is 20.0 Å². The molecule has 1 aliphatic rings. The van der Waals surface area contributed by atoms with E-state index >= 15 is 0 Å². The molecule has 0 spiro atoms. The summed E-state index contributed by atoms with van der Waals surface area (Å²) in [6.07, 6.45) is 1.46. The van der Waals surface area contributed by atoms with E-state index in [2.05, 4.69) is 30.7 Å². The van der Waals surface area contributed by atoms with E-state index in [-0.39, 0.29) is 0 Å². The molecule has 4 N–H and O–H groups in total. The molecule has 3 rings (SSSR count). The molecule has 2 aromatic rings. The number of nitrogens with two attached hydrogens (primary N) is 1. The highest BCUT2D eigenvalue weighted by atomic mass is 16.5. The van der Waals surface area contributed by atoms with Crippen molar-refractivity contribution in [2.24, 2.45) is 0 Å². The van der Waals surface area contributed by atoms with E-state index in [1.807, 2.05) is 6.92 Å². The minimum Gasteiger partial charge on any atom is -0.393 e. The maximum absolute atomic E-state index is 6.12. The quantitative estimate of drug-likeness (QED) is 0.712. The summed E-state index contributed by atoms with van der Waals surface area (Å²) in [4.78, 5) is 10.7. The van der Waals surface area contributed by atoms with Gasteiger partial charge in [0.1, 0.15) is 17.8 Å². The number of aryl methyl sites for hydroxylation is 1. The van der Waals surface area contributed by atoms with Crippen molar-refractivity contribution in [2.45, 2.75) is 6.92 Å². The largest absolute Gasteiger partial charge is 0.393 e. The van der Waals surface area contributed by atoms with Crippen LogP contribution in [0.2, 0.25) is 0 Å². The topological polar surface area (TPSA) is 114 Å². The molecule has 3 heterocycles. The predicted octanol–water partition coefficient (Wildman–Crippen LogP) is 0.843. The lowest BCUT2D eigenvalue weighted by atomic mass is 10.4. The summed E-state index contributed by atoms with van der Waals surface area (Å²) in [5, 5.41) is 10.1. The van der Waals surface area contributed by atoms with Crippen LogP contribution in [0.4, 0.5) is 23.1 Å². The van der Waals surface area contributed by atoms with E-state index in [9.17, 15) is 0 Å². The molecule has 0 bridgehead atoms. The molecule has 0 atom stereocenters. The molecule has 0 unspecified atom stereocenters. The number of morpholine rings is 1. The third-order valence-electron chi connectivity index (χ3n) is 3.58. The number of nitrogens with zero attached hydrogens (tertiary/aromatic N) is 4. The summed E-state index contributed by atoms with van der Waals surface area (Å²) in [6, 6.07) is 1.77. The van der Waals surface area contributed by atoms with Gasteiger partial charge in [-0.15, -0.1) is 0 Å². The molecule has 0 amide bonds. The molecule has 23 heavy (non-hydrogen) atoms. The van der Waals surface area contributed by atoms with Crippen molar-refractivity contribution >= 4 is 23.1 Å². The second-order valence-corrected chi connectivity index (χ2v) is 5.31. The second-order valence-electron chi connectivity index (χ2n) is 5.31. The van der Waals surface area contributed by atoms with Gasteiger partial charge in [-0.25, -0.2) is 9.97 Å². The van der Waals surface area contributed by atoms with E-state index in [0.717, 1.165) is 39.4 Å². The fraction of sp³-hybridized carbons (Fsp3) is 0.500. The molecule has 0 aliphatic carbocycles. The third kappa shape index (κ3) is 4.08. The van der Waals surface area contributed by atoms with Gasteiger partial charge in [-0.3, -0.25) is 4.90 Å². The predicted molar refractivity (Wildman–Crippen MR) is 86.7 cm³/mol. The molecule has 0 aromatic carbocycles. The zero-order valence-corrected chi connectivity index (χ0v) is 13.1. The van der Waals surface area contributed by atoms with Gasteiger partial charge in [-0.1, -0.05) is 5.16 Å². The zero-order chi connectivity index (χ0) is 16.1. The average molecular weight is 319 g/mol. The first-order chi connectivity index (χ1) is 11.2. The smallest absolute Gasteiger partial charge is 0.175 e. The Bertz CT molecular complexity index is 640. The van der Waals surface area contributed by atoms with Crippen molar-refractivity contribution in [3.63, 3.8) is 0 Å². The highest BCUT2D eigenvalue weighted by molar-refractivity contribution is 5.76. The van der Waals surface area contributed by atoms with Gasteiger partial charge in [-0.05, 0) is 6.92 Å². The summed E-state index contributed by atoms with van der Waals surface area (Å²) < 4.78 is 10.3. The molecule has 9 heteroatoms. The highest BCUT2D eigenvalue weighted by Gasteiger charge is 2.12. The number of hydrogen-bond donors (Lipinski definition) is 3. The molecule has 1 aliphatic heterocycles. The Hall–Kier alpha value is -2.39. The van der Waals surface area contributed by atoms with Crippen molar-refractivity contribution < 1.29 is 9.26 Å². The van der Waals surface area contributed by atoms with Gasteiger partial charge in [0.05, 0.1) is 13.2 Å². The fourth-order valence-corrected chi connectivity index (χ4v) is 2.34. The van der Waals surface area contributed by atoms with Gasteiger partial charge in [0, 0.05) is 32.2 Å². The lowest BCUT2D eigenvalue weighted by molar-refractivity contribution is 0.0398. The van der Waals surface area contributed by atoms with Crippen LogP contribution < -0.4 is 16.4 Å². The zero-order valence-electron chi connectivity index (χ0n) is 13.1. The molecule has 2 aromatic heterocycles. The number of nitrogens with one attached hydrogen (secondary N) is 2. The number of ether oxygens (including phenoxy) is 1. The average Bonchev–Trinajstić information content (AvgIpc) is 2.97. The van der Waals surface area contributed by atoms with Crippen LogP contribution in [0.1, 0.15) is 5.76 Å². The van der Waals surface area contributed by atoms with Crippen LogP contribution in [-0.4, -0.2) is 59.4 Å². The van der Waals surface area contributed by atoms with Gasteiger partial charge >= 0.3 is 0 Å². The Kier molecular flexibility index (Phi) is 4.89.